The zero-order valence-electron chi connectivity index (χ0n) is 18.5. The maximum absolute atomic E-state index is 14.6. The van der Waals surface area contributed by atoms with Crippen LogP contribution in [0.25, 0.3) is 11.0 Å². The van der Waals surface area contributed by atoms with Gasteiger partial charge in [0.1, 0.15) is 11.4 Å². The van der Waals surface area contributed by atoms with E-state index in [1.54, 1.807) is 32.9 Å². The van der Waals surface area contributed by atoms with Crippen LogP contribution in [0.1, 0.15) is 40.5 Å². The fourth-order valence-corrected chi connectivity index (χ4v) is 3.22. The van der Waals surface area contributed by atoms with Crippen LogP contribution in [0.5, 0.6) is 5.88 Å². The second kappa shape index (κ2) is 9.09. The number of hydrogen-bond donors (Lipinski definition) is 2. The molecule has 2 aromatic heterocycles. The zero-order chi connectivity index (χ0) is 22.8. The lowest BCUT2D eigenvalue weighted by Crippen LogP contribution is -2.47. The molecule has 1 aliphatic rings. The largest absolute Gasteiger partial charge is 0.481 e. The summed E-state index contributed by atoms with van der Waals surface area (Å²) in [6.07, 6.45) is -1.93. The number of amides is 1. The van der Waals surface area contributed by atoms with Gasteiger partial charge in [-0.25, -0.2) is 14.2 Å². The molecule has 3 rings (SSSR count). The number of nitrogens with zero attached hydrogens (tertiary/aromatic N) is 2. The van der Waals surface area contributed by atoms with Gasteiger partial charge in [0, 0.05) is 19.4 Å². The SMILES string of the molecule is [2H]C(c1c(F)cnc2ccc(OC)nc12)[C@H](O)[C@@H]1CC[C@@H](NC(=O)OC(C)(C)C)CO1. The summed E-state index contributed by atoms with van der Waals surface area (Å²) >= 11 is 0. The number of rotatable bonds is 5. The van der Waals surface area contributed by atoms with Gasteiger partial charge in [-0.15, -0.1) is 0 Å². The minimum absolute atomic E-state index is 0.0611. The lowest BCUT2D eigenvalue weighted by atomic mass is 9.96. The fourth-order valence-electron chi connectivity index (χ4n) is 3.22. The Morgan fingerprint density at radius 3 is 2.87 bits per heavy atom. The zero-order valence-corrected chi connectivity index (χ0v) is 17.5. The number of hydrogen-bond acceptors (Lipinski definition) is 7. The number of aromatic nitrogens is 2. The van der Waals surface area contributed by atoms with Crippen molar-refractivity contribution in [1.82, 2.24) is 15.3 Å². The highest BCUT2D eigenvalue weighted by molar-refractivity contribution is 5.78. The number of methoxy groups -OCH3 is 1. The van der Waals surface area contributed by atoms with Gasteiger partial charge in [-0.05, 0) is 39.7 Å². The average molecular weight is 422 g/mol. The van der Waals surface area contributed by atoms with Gasteiger partial charge >= 0.3 is 6.09 Å². The quantitative estimate of drug-likeness (QED) is 0.764. The standard InChI is InChI=1S/C21H28FN3O5/c1-21(2,3)30-20(27)24-12-5-7-17(29-11-12)16(26)9-13-14(22)10-23-15-6-8-18(28-4)25-19(13)15/h6,8,10,12,16-17,26H,5,7,9,11H2,1-4H3,(H,24,27)/t12-,16+,17+/m1/s1/i9D/t9?,12-,16+,17+. The summed E-state index contributed by atoms with van der Waals surface area (Å²) in [6, 6.07) is 2.94. The van der Waals surface area contributed by atoms with Gasteiger partial charge in [-0.2, -0.15) is 0 Å². The number of halogens is 1. The molecule has 1 amide bonds. The molecule has 0 spiro atoms. The number of ether oxygens (including phenoxy) is 3. The van der Waals surface area contributed by atoms with Crippen LogP contribution < -0.4 is 10.1 Å². The predicted octanol–water partition coefficient (Wildman–Crippen LogP) is 2.75. The number of alkyl carbamates (subject to hydrolysis) is 1. The third-order valence-corrected chi connectivity index (χ3v) is 4.64. The van der Waals surface area contributed by atoms with E-state index < -0.39 is 36.1 Å². The summed E-state index contributed by atoms with van der Waals surface area (Å²) in [6.45, 7) is 5.48. The molecule has 8 nitrogen and oxygen atoms in total. The van der Waals surface area contributed by atoms with Crippen LogP contribution in [0.3, 0.4) is 0 Å². The molecule has 0 aliphatic carbocycles. The first-order valence-corrected chi connectivity index (χ1v) is 9.79. The maximum atomic E-state index is 14.6. The summed E-state index contributed by atoms with van der Waals surface area (Å²) in [7, 11) is 1.44. The monoisotopic (exact) mass is 422 g/mol. The van der Waals surface area contributed by atoms with Crippen LogP contribution in [0.4, 0.5) is 9.18 Å². The molecule has 2 N–H and O–H groups in total. The van der Waals surface area contributed by atoms with Crippen LogP contribution in [0.15, 0.2) is 18.3 Å². The van der Waals surface area contributed by atoms with Gasteiger partial charge in [0.15, 0.2) is 0 Å². The summed E-state index contributed by atoms with van der Waals surface area (Å²) < 4.78 is 39.1. The lowest BCUT2D eigenvalue weighted by Gasteiger charge is -2.32. The van der Waals surface area contributed by atoms with Crippen molar-refractivity contribution in [1.29, 1.82) is 0 Å². The molecule has 0 saturated carbocycles. The first kappa shape index (κ1) is 20.7. The Kier molecular flexibility index (Phi) is 6.29. The van der Waals surface area contributed by atoms with Gasteiger partial charge in [-0.3, -0.25) is 4.98 Å². The average Bonchev–Trinajstić information content (AvgIpc) is 2.71. The molecule has 1 fully saturated rings. The van der Waals surface area contributed by atoms with Gasteiger partial charge in [-0.1, -0.05) is 0 Å². The topological polar surface area (TPSA) is 103 Å². The van der Waals surface area contributed by atoms with Crippen LogP contribution in [-0.2, 0) is 15.9 Å². The van der Waals surface area contributed by atoms with E-state index >= 15 is 0 Å². The normalized spacial score (nSPS) is 22.1. The number of nitrogens with one attached hydrogen (secondary N) is 1. The number of carbonyl (C=O) groups excluding carboxylic acids is 1. The van der Waals surface area contributed by atoms with E-state index in [9.17, 15) is 14.3 Å². The van der Waals surface area contributed by atoms with Crippen molar-refractivity contribution in [3.05, 3.63) is 29.7 Å². The number of pyridine rings is 2. The van der Waals surface area contributed by atoms with Crippen molar-refractivity contribution >= 4 is 17.1 Å². The van der Waals surface area contributed by atoms with E-state index in [0.29, 0.717) is 18.4 Å². The van der Waals surface area contributed by atoms with Crippen molar-refractivity contribution in [2.24, 2.45) is 0 Å². The van der Waals surface area contributed by atoms with Crippen LogP contribution in [0.2, 0.25) is 0 Å². The van der Waals surface area contributed by atoms with Crippen LogP contribution >= 0.6 is 0 Å². The summed E-state index contributed by atoms with van der Waals surface area (Å²) in [5.74, 6) is -0.472. The highest BCUT2D eigenvalue weighted by atomic mass is 19.1. The van der Waals surface area contributed by atoms with E-state index in [0.717, 1.165) is 6.20 Å². The van der Waals surface area contributed by atoms with Gasteiger partial charge < -0.3 is 24.6 Å². The molecule has 1 unspecified atom stereocenters. The molecule has 2 aromatic rings. The van der Waals surface area contributed by atoms with E-state index in [-0.39, 0.29) is 29.6 Å². The Hall–Kier alpha value is -2.52. The summed E-state index contributed by atoms with van der Waals surface area (Å²) in [5.41, 5.74) is -0.106. The number of aliphatic hydroxyl groups is 1. The third kappa shape index (κ3) is 5.54. The predicted molar refractivity (Wildman–Crippen MR) is 108 cm³/mol. The third-order valence-electron chi connectivity index (χ3n) is 4.64. The van der Waals surface area contributed by atoms with Gasteiger partial charge in [0.2, 0.25) is 5.88 Å². The van der Waals surface area contributed by atoms with E-state index in [1.165, 1.54) is 7.11 Å². The molecule has 164 valence electrons. The second-order valence-electron chi connectivity index (χ2n) is 8.19. The molecule has 1 saturated heterocycles. The van der Waals surface area contributed by atoms with Gasteiger partial charge in [0.05, 0.1) is 49.2 Å². The number of carbonyl (C=O) groups is 1. The van der Waals surface area contributed by atoms with Crippen molar-refractivity contribution in [2.75, 3.05) is 13.7 Å². The Balaban J connectivity index is 1.68. The van der Waals surface area contributed by atoms with E-state index in [1.807, 2.05) is 0 Å². The van der Waals surface area contributed by atoms with Crippen LogP contribution in [-0.4, -0.2) is 58.7 Å². The Labute approximate surface area is 176 Å². The first-order valence-electron chi connectivity index (χ1n) is 10.4. The van der Waals surface area contributed by atoms with E-state index in [2.05, 4.69) is 15.3 Å². The molecule has 1 aliphatic heterocycles. The number of aliphatic hydroxyl groups excluding tert-OH is 1. The molecule has 0 bridgehead atoms. The molecule has 9 heteroatoms. The van der Waals surface area contributed by atoms with E-state index in [4.69, 9.17) is 15.6 Å². The molecule has 4 atom stereocenters. The maximum Gasteiger partial charge on any atom is 0.407 e. The molecule has 0 aromatic carbocycles. The minimum Gasteiger partial charge on any atom is -0.481 e. The Morgan fingerprint density at radius 1 is 1.47 bits per heavy atom. The van der Waals surface area contributed by atoms with Crippen molar-refractivity contribution < 1.29 is 29.9 Å². The molecular formula is C21H28FN3O5. The fraction of sp³-hybridized carbons (Fsp3) is 0.571. The second-order valence-corrected chi connectivity index (χ2v) is 8.19. The van der Waals surface area contributed by atoms with Gasteiger partial charge in [0.25, 0.3) is 0 Å². The summed E-state index contributed by atoms with van der Waals surface area (Å²) in [4.78, 5) is 20.1. The molecule has 0 radical (unpaired) electrons. The van der Waals surface area contributed by atoms with Crippen LogP contribution in [0, 0.1) is 5.82 Å². The Bertz CT molecular complexity index is 931. The first-order chi connectivity index (χ1) is 14.6. The molecular weight excluding hydrogens is 393 g/mol. The Morgan fingerprint density at radius 2 is 2.23 bits per heavy atom. The minimum atomic E-state index is -1.34. The molecule has 30 heavy (non-hydrogen) atoms. The van der Waals surface area contributed by atoms with Crippen molar-refractivity contribution in [3.8, 4) is 5.88 Å². The highest BCUT2D eigenvalue weighted by Crippen LogP contribution is 2.25. The number of fused-ring (bicyclic) bond motifs is 1. The van der Waals surface area contributed by atoms with Crippen molar-refractivity contribution in [3.63, 3.8) is 0 Å². The highest BCUT2D eigenvalue weighted by Gasteiger charge is 2.30. The van der Waals surface area contributed by atoms with Crippen molar-refractivity contribution in [2.45, 2.75) is 63.9 Å². The summed E-state index contributed by atoms with van der Waals surface area (Å²) in [5, 5.41) is 13.5. The molecule has 3 heterocycles. The lowest BCUT2D eigenvalue weighted by molar-refractivity contribution is -0.0720. The smallest absolute Gasteiger partial charge is 0.407 e.